The van der Waals surface area contributed by atoms with E-state index in [0.717, 1.165) is 35.9 Å². The molecule has 4 aromatic rings. The minimum absolute atomic E-state index is 0.0667. The van der Waals surface area contributed by atoms with E-state index in [1.165, 1.54) is 29.5 Å². The van der Waals surface area contributed by atoms with Crippen LogP contribution in [0.2, 0.25) is 5.02 Å². The molecule has 0 fully saturated rings. The molecule has 1 aliphatic rings. The van der Waals surface area contributed by atoms with Crippen molar-refractivity contribution in [3.05, 3.63) is 94.3 Å². The number of thiazole rings is 1. The van der Waals surface area contributed by atoms with Gasteiger partial charge < -0.3 is 14.0 Å². The first kappa shape index (κ1) is 23.8. The maximum atomic E-state index is 14.8. The number of hydrogen-bond acceptors (Lipinski definition) is 6. The molecule has 5 nitrogen and oxygen atoms in total. The smallest absolute Gasteiger partial charge is 0.147 e. The van der Waals surface area contributed by atoms with Crippen molar-refractivity contribution in [3.8, 4) is 5.75 Å². The first-order valence-corrected chi connectivity index (χ1v) is 13.1. The van der Waals surface area contributed by atoms with Crippen LogP contribution in [0.3, 0.4) is 0 Å². The molecule has 0 spiro atoms. The lowest BCUT2D eigenvalue weighted by molar-refractivity contribution is 0.222. The first-order valence-electron chi connectivity index (χ1n) is 10.9. The van der Waals surface area contributed by atoms with E-state index in [2.05, 4.69) is 25.3 Å². The fourth-order valence-corrected chi connectivity index (χ4v) is 5.72. The molecule has 0 aliphatic heterocycles. The normalized spacial score (nSPS) is 17.7. The van der Waals surface area contributed by atoms with E-state index < -0.39 is 5.82 Å². The third-order valence-corrected chi connectivity index (χ3v) is 7.60. The average Bonchev–Trinajstić information content (AvgIpc) is 3.58. The van der Waals surface area contributed by atoms with Crippen LogP contribution < -0.4 is 9.46 Å². The van der Waals surface area contributed by atoms with E-state index in [1.54, 1.807) is 36.2 Å². The van der Waals surface area contributed by atoms with Gasteiger partial charge in [-0.2, -0.15) is 0 Å². The minimum Gasteiger partial charge on any atom is -0.491 e. The number of hydrogen-bond donors (Lipinski definition) is 1. The fraction of sp³-hybridized carbons (Fsp3) is 0.200. The lowest BCUT2D eigenvalue weighted by Crippen LogP contribution is -2.28. The molecule has 2 aromatic carbocycles. The molecule has 0 amide bonds. The van der Waals surface area contributed by atoms with Crippen LogP contribution in [0.15, 0.2) is 77.0 Å². The number of nitrogens with one attached hydrogen (secondary N) is 1. The SMILES string of the molecule is Fc1ccc(C2=CCCC(n3ccnc3)C2COc2cc(F)c(SNc3cscn3)cc2Cl)cc1. The molecule has 0 bridgehead atoms. The summed E-state index contributed by atoms with van der Waals surface area (Å²) in [6.07, 6.45) is 9.41. The zero-order valence-electron chi connectivity index (χ0n) is 18.4. The van der Waals surface area contributed by atoms with Crippen molar-refractivity contribution in [1.82, 2.24) is 14.5 Å². The summed E-state index contributed by atoms with van der Waals surface area (Å²) in [6, 6.07) is 9.40. The van der Waals surface area contributed by atoms with E-state index in [4.69, 9.17) is 16.3 Å². The number of aromatic nitrogens is 3. The number of nitrogens with zero attached hydrogens (tertiary/aromatic N) is 3. The topological polar surface area (TPSA) is 52.0 Å². The Bertz CT molecular complexity index is 1300. The second-order valence-electron chi connectivity index (χ2n) is 8.03. The summed E-state index contributed by atoms with van der Waals surface area (Å²) in [5, 5.41) is 2.15. The minimum atomic E-state index is -0.443. The van der Waals surface area contributed by atoms with Crippen LogP contribution in [0.4, 0.5) is 14.6 Å². The van der Waals surface area contributed by atoms with Crippen LogP contribution in [0.5, 0.6) is 5.75 Å². The molecule has 35 heavy (non-hydrogen) atoms. The van der Waals surface area contributed by atoms with E-state index in [1.807, 2.05) is 11.6 Å². The standard InChI is InChI=1S/C25H21ClF2N4OS2/c26-20-10-24(35-31-25-13-34-15-30-25)21(28)11-23(20)33-12-19-18(16-4-6-17(27)7-5-16)2-1-3-22(19)32-9-8-29-14-32/h2,4-11,13-15,19,22,31H,1,3,12H2. The molecule has 5 rings (SSSR count). The Morgan fingerprint density at radius 3 is 2.83 bits per heavy atom. The number of halogens is 3. The second kappa shape index (κ2) is 10.8. The summed E-state index contributed by atoms with van der Waals surface area (Å²) in [5.74, 6) is 0.132. The quantitative estimate of drug-likeness (QED) is 0.239. The van der Waals surface area contributed by atoms with Crippen molar-refractivity contribution in [1.29, 1.82) is 0 Å². The molecule has 2 heterocycles. The molecule has 10 heteroatoms. The molecule has 180 valence electrons. The molecular weight excluding hydrogens is 510 g/mol. The number of benzene rings is 2. The van der Waals surface area contributed by atoms with E-state index in [-0.39, 0.29) is 30.1 Å². The van der Waals surface area contributed by atoms with Crippen molar-refractivity contribution in [2.45, 2.75) is 23.8 Å². The van der Waals surface area contributed by atoms with Gasteiger partial charge in [-0.3, -0.25) is 0 Å². The van der Waals surface area contributed by atoms with Crippen LogP contribution in [-0.2, 0) is 0 Å². The van der Waals surface area contributed by atoms with Gasteiger partial charge in [-0.15, -0.1) is 11.3 Å². The van der Waals surface area contributed by atoms with Crippen molar-refractivity contribution in [2.75, 3.05) is 11.3 Å². The lowest BCUT2D eigenvalue weighted by Gasteiger charge is -2.34. The van der Waals surface area contributed by atoms with Crippen LogP contribution in [0.25, 0.3) is 5.57 Å². The van der Waals surface area contributed by atoms with E-state index in [0.29, 0.717) is 15.7 Å². The van der Waals surface area contributed by atoms with Gasteiger partial charge in [0.1, 0.15) is 23.2 Å². The Hall–Kier alpha value is -2.88. The Balaban J connectivity index is 1.37. The van der Waals surface area contributed by atoms with Gasteiger partial charge in [-0.1, -0.05) is 29.8 Å². The Kier molecular flexibility index (Phi) is 7.36. The number of ether oxygens (including phenoxy) is 1. The number of rotatable bonds is 8. The summed E-state index contributed by atoms with van der Waals surface area (Å²) in [5.41, 5.74) is 3.69. The second-order valence-corrected chi connectivity index (χ2v) is 10.0. The molecular formula is C25H21ClF2N4OS2. The highest BCUT2D eigenvalue weighted by molar-refractivity contribution is 8.00. The zero-order valence-corrected chi connectivity index (χ0v) is 20.8. The fourth-order valence-electron chi connectivity index (χ4n) is 4.22. The van der Waals surface area contributed by atoms with Gasteiger partial charge in [0.05, 0.1) is 28.4 Å². The zero-order chi connectivity index (χ0) is 24.2. The van der Waals surface area contributed by atoms with Gasteiger partial charge in [0, 0.05) is 35.8 Å². The molecule has 2 aromatic heterocycles. The average molecular weight is 531 g/mol. The number of imidazole rings is 1. The molecule has 1 aliphatic carbocycles. The van der Waals surface area contributed by atoms with Gasteiger partial charge in [-0.05, 0) is 54.1 Å². The van der Waals surface area contributed by atoms with Crippen molar-refractivity contribution < 1.29 is 13.5 Å². The van der Waals surface area contributed by atoms with Crippen LogP contribution in [0, 0.1) is 17.6 Å². The molecule has 0 saturated heterocycles. The largest absolute Gasteiger partial charge is 0.491 e. The maximum Gasteiger partial charge on any atom is 0.147 e. The highest BCUT2D eigenvalue weighted by Crippen LogP contribution is 2.41. The maximum absolute atomic E-state index is 14.8. The van der Waals surface area contributed by atoms with Crippen LogP contribution in [-0.4, -0.2) is 21.1 Å². The third-order valence-electron chi connectivity index (χ3n) is 5.88. The summed E-state index contributed by atoms with van der Waals surface area (Å²) in [6.45, 7) is 0.273. The van der Waals surface area contributed by atoms with Gasteiger partial charge in [0.2, 0.25) is 0 Å². The van der Waals surface area contributed by atoms with Crippen LogP contribution >= 0.6 is 34.9 Å². The highest BCUT2D eigenvalue weighted by atomic mass is 35.5. The molecule has 2 atom stereocenters. The van der Waals surface area contributed by atoms with Gasteiger partial charge in [0.15, 0.2) is 0 Å². The molecule has 0 saturated carbocycles. The van der Waals surface area contributed by atoms with Gasteiger partial charge >= 0.3 is 0 Å². The molecule has 0 radical (unpaired) electrons. The predicted molar refractivity (Wildman–Crippen MR) is 137 cm³/mol. The summed E-state index contributed by atoms with van der Waals surface area (Å²) in [4.78, 5) is 8.67. The number of allylic oxidation sites excluding steroid dienone is 1. The van der Waals surface area contributed by atoms with Crippen molar-refractivity contribution in [2.24, 2.45) is 5.92 Å². The summed E-state index contributed by atoms with van der Waals surface area (Å²) < 4.78 is 39.5. The Labute approximate surface area is 215 Å². The van der Waals surface area contributed by atoms with Crippen molar-refractivity contribution >= 4 is 46.3 Å². The first-order chi connectivity index (χ1) is 17.1. The lowest BCUT2D eigenvalue weighted by atomic mass is 9.80. The Morgan fingerprint density at radius 2 is 2.09 bits per heavy atom. The monoisotopic (exact) mass is 530 g/mol. The highest BCUT2D eigenvalue weighted by Gasteiger charge is 2.31. The molecule has 1 N–H and O–H groups in total. The predicted octanol–water partition coefficient (Wildman–Crippen LogP) is 7.50. The third kappa shape index (κ3) is 5.52. The number of anilines is 1. The van der Waals surface area contributed by atoms with Gasteiger partial charge in [-0.25, -0.2) is 18.7 Å². The van der Waals surface area contributed by atoms with Gasteiger partial charge in [0.25, 0.3) is 0 Å². The summed E-state index contributed by atoms with van der Waals surface area (Å²) >= 11 is 9.02. The van der Waals surface area contributed by atoms with Crippen LogP contribution in [0.1, 0.15) is 24.4 Å². The molecule has 2 unspecified atom stereocenters. The van der Waals surface area contributed by atoms with Crippen molar-refractivity contribution in [3.63, 3.8) is 0 Å². The Morgan fingerprint density at radius 1 is 1.23 bits per heavy atom. The summed E-state index contributed by atoms with van der Waals surface area (Å²) in [7, 11) is 0. The van der Waals surface area contributed by atoms with E-state index >= 15 is 0 Å². The van der Waals surface area contributed by atoms with E-state index in [9.17, 15) is 8.78 Å².